The van der Waals surface area contributed by atoms with Crippen LogP contribution >= 0.6 is 0 Å². The van der Waals surface area contributed by atoms with Crippen LogP contribution in [-0.4, -0.2) is 49.3 Å². The Morgan fingerprint density at radius 3 is 3.00 bits per heavy atom. The van der Waals surface area contributed by atoms with Crippen LogP contribution in [0.4, 0.5) is 0 Å². The van der Waals surface area contributed by atoms with Gasteiger partial charge in [-0.05, 0) is 30.7 Å². The molecular weight excluding hydrogens is 292 g/mol. The highest BCUT2D eigenvalue weighted by atomic mass is 16.2. The molecule has 4 heterocycles. The van der Waals surface area contributed by atoms with Crippen molar-refractivity contribution in [3.05, 3.63) is 54.2 Å². The van der Waals surface area contributed by atoms with Crippen molar-refractivity contribution in [2.24, 2.45) is 0 Å². The zero-order valence-corrected chi connectivity index (χ0v) is 12.4. The fourth-order valence-corrected chi connectivity index (χ4v) is 2.96. The largest absolute Gasteiger partial charge is 0.337 e. The van der Waals surface area contributed by atoms with Crippen LogP contribution in [0.15, 0.2) is 42.9 Å². The molecule has 1 aliphatic rings. The maximum absolute atomic E-state index is 12.6. The van der Waals surface area contributed by atoms with E-state index in [2.05, 4.69) is 25.4 Å². The summed E-state index contributed by atoms with van der Waals surface area (Å²) in [5, 5.41) is 14.0. The Morgan fingerprint density at radius 1 is 1.26 bits per heavy atom. The van der Waals surface area contributed by atoms with Crippen molar-refractivity contribution in [2.45, 2.75) is 12.3 Å². The lowest BCUT2D eigenvalue weighted by molar-refractivity contribution is 0.0785. The van der Waals surface area contributed by atoms with Crippen molar-refractivity contribution in [1.82, 2.24) is 30.3 Å². The lowest BCUT2D eigenvalue weighted by Crippen LogP contribution is -2.28. The Bertz CT molecular complexity index is 795. The molecule has 1 fully saturated rings. The predicted octanol–water partition coefficient (Wildman–Crippen LogP) is 1.82. The third-order valence-corrected chi connectivity index (χ3v) is 4.20. The number of aromatic nitrogens is 5. The molecule has 7 nitrogen and oxygen atoms in total. The highest BCUT2D eigenvalue weighted by Crippen LogP contribution is 2.27. The van der Waals surface area contributed by atoms with Crippen LogP contribution < -0.4 is 0 Å². The topological polar surface area (TPSA) is 90.6 Å². The second kappa shape index (κ2) is 5.68. The van der Waals surface area contributed by atoms with Gasteiger partial charge in [0.25, 0.3) is 5.91 Å². The number of carbonyl (C=O) groups is 1. The van der Waals surface area contributed by atoms with E-state index in [1.807, 2.05) is 23.1 Å². The van der Waals surface area contributed by atoms with E-state index in [9.17, 15) is 4.79 Å². The highest BCUT2D eigenvalue weighted by Gasteiger charge is 2.29. The fraction of sp³-hybridized carbons (Fsp3) is 0.250. The van der Waals surface area contributed by atoms with Gasteiger partial charge in [0.2, 0.25) is 0 Å². The Balaban J connectivity index is 1.49. The minimum absolute atomic E-state index is 0.0188. The van der Waals surface area contributed by atoms with Crippen molar-refractivity contribution >= 4 is 5.91 Å². The summed E-state index contributed by atoms with van der Waals surface area (Å²) in [5.41, 5.74) is 3.21. The molecule has 0 saturated carbocycles. The van der Waals surface area contributed by atoms with Crippen LogP contribution in [0.3, 0.4) is 0 Å². The first kappa shape index (κ1) is 13.7. The third kappa shape index (κ3) is 2.61. The van der Waals surface area contributed by atoms with Gasteiger partial charge in [0.15, 0.2) is 0 Å². The summed E-state index contributed by atoms with van der Waals surface area (Å²) in [6.07, 6.45) is 6.13. The van der Waals surface area contributed by atoms with E-state index in [0.29, 0.717) is 18.2 Å². The summed E-state index contributed by atoms with van der Waals surface area (Å²) >= 11 is 0. The van der Waals surface area contributed by atoms with E-state index >= 15 is 0 Å². The molecule has 0 unspecified atom stereocenters. The molecule has 1 amide bonds. The molecule has 1 atom stereocenters. The van der Waals surface area contributed by atoms with Gasteiger partial charge in [0, 0.05) is 48.9 Å². The van der Waals surface area contributed by atoms with Crippen molar-refractivity contribution in [3.63, 3.8) is 0 Å². The van der Waals surface area contributed by atoms with Crippen molar-refractivity contribution in [3.8, 4) is 11.3 Å². The molecule has 1 saturated heterocycles. The maximum atomic E-state index is 12.6. The van der Waals surface area contributed by atoms with Gasteiger partial charge >= 0.3 is 0 Å². The molecule has 0 aliphatic carbocycles. The van der Waals surface area contributed by atoms with Gasteiger partial charge in [0.05, 0.1) is 5.69 Å². The molecule has 4 rings (SSSR count). The maximum Gasteiger partial charge on any atom is 0.271 e. The third-order valence-electron chi connectivity index (χ3n) is 4.20. The van der Waals surface area contributed by atoms with E-state index in [4.69, 9.17) is 0 Å². The number of likely N-dealkylation sites (tertiary alicyclic amines) is 1. The average Bonchev–Trinajstić information content (AvgIpc) is 3.35. The average molecular weight is 308 g/mol. The van der Waals surface area contributed by atoms with E-state index in [0.717, 1.165) is 29.9 Å². The second-order valence-corrected chi connectivity index (χ2v) is 5.66. The van der Waals surface area contributed by atoms with Gasteiger partial charge in [-0.2, -0.15) is 10.2 Å². The number of aromatic amines is 2. The summed E-state index contributed by atoms with van der Waals surface area (Å²) in [5.74, 6) is 0.303. The van der Waals surface area contributed by atoms with Crippen molar-refractivity contribution < 1.29 is 4.79 Å². The van der Waals surface area contributed by atoms with Gasteiger partial charge in [0.1, 0.15) is 5.69 Å². The smallest absolute Gasteiger partial charge is 0.271 e. The van der Waals surface area contributed by atoms with Gasteiger partial charge in [-0.15, -0.1) is 0 Å². The van der Waals surface area contributed by atoms with Crippen molar-refractivity contribution in [2.75, 3.05) is 13.1 Å². The first-order valence-corrected chi connectivity index (χ1v) is 7.55. The zero-order chi connectivity index (χ0) is 15.6. The van der Waals surface area contributed by atoms with E-state index in [1.54, 1.807) is 24.7 Å². The molecule has 0 radical (unpaired) electrons. The number of rotatable bonds is 3. The highest BCUT2D eigenvalue weighted by molar-refractivity contribution is 5.93. The standard InChI is InChI=1S/C16H16N6O/c23-16(22-7-4-12(10-22)13-3-6-18-19-13)15-8-14(20-21-15)11-2-1-5-17-9-11/h1-3,5-6,8-9,12H,4,7,10H2,(H,18,19)(H,20,21)/t12-/m0/s1. The number of hydrogen-bond acceptors (Lipinski definition) is 4. The van der Waals surface area contributed by atoms with Gasteiger partial charge < -0.3 is 4.90 Å². The van der Waals surface area contributed by atoms with Gasteiger partial charge in [-0.1, -0.05) is 0 Å². The molecule has 0 spiro atoms. The Labute approximate surface area is 132 Å². The van der Waals surface area contributed by atoms with E-state index in [-0.39, 0.29) is 5.91 Å². The summed E-state index contributed by atoms with van der Waals surface area (Å²) < 4.78 is 0. The van der Waals surface area contributed by atoms with Crippen LogP contribution in [0.1, 0.15) is 28.5 Å². The Hall–Kier alpha value is -2.96. The number of nitrogens with one attached hydrogen (secondary N) is 2. The number of nitrogens with zero attached hydrogens (tertiary/aromatic N) is 4. The van der Waals surface area contributed by atoms with Crippen LogP contribution in [0.5, 0.6) is 0 Å². The first-order valence-electron chi connectivity index (χ1n) is 7.55. The summed E-state index contributed by atoms with van der Waals surface area (Å²) in [6.45, 7) is 1.44. The number of H-pyrrole nitrogens is 2. The molecule has 1 aliphatic heterocycles. The van der Waals surface area contributed by atoms with Crippen LogP contribution in [0.25, 0.3) is 11.3 Å². The summed E-state index contributed by atoms with van der Waals surface area (Å²) in [6, 6.07) is 7.51. The fourth-order valence-electron chi connectivity index (χ4n) is 2.96. The number of hydrogen-bond donors (Lipinski definition) is 2. The molecular formula is C16H16N6O. The Kier molecular flexibility index (Phi) is 3.38. The molecule has 3 aromatic rings. The van der Waals surface area contributed by atoms with Gasteiger partial charge in [-0.25, -0.2) is 0 Å². The predicted molar refractivity (Wildman–Crippen MR) is 83.7 cm³/mol. The van der Waals surface area contributed by atoms with Gasteiger partial charge in [-0.3, -0.25) is 20.0 Å². The molecule has 2 N–H and O–H groups in total. The van der Waals surface area contributed by atoms with E-state index in [1.165, 1.54) is 0 Å². The van der Waals surface area contributed by atoms with Crippen LogP contribution in [0.2, 0.25) is 0 Å². The molecule has 3 aromatic heterocycles. The monoisotopic (exact) mass is 308 g/mol. The van der Waals surface area contributed by atoms with Crippen LogP contribution in [-0.2, 0) is 0 Å². The number of pyridine rings is 1. The lowest BCUT2D eigenvalue weighted by atomic mass is 10.1. The van der Waals surface area contributed by atoms with Crippen molar-refractivity contribution in [1.29, 1.82) is 0 Å². The first-order chi connectivity index (χ1) is 11.3. The summed E-state index contributed by atoms with van der Waals surface area (Å²) in [4.78, 5) is 18.5. The molecule has 23 heavy (non-hydrogen) atoms. The van der Waals surface area contributed by atoms with Crippen LogP contribution in [0, 0.1) is 0 Å². The lowest BCUT2D eigenvalue weighted by Gasteiger charge is -2.14. The number of carbonyl (C=O) groups excluding carboxylic acids is 1. The molecule has 7 heteroatoms. The zero-order valence-electron chi connectivity index (χ0n) is 12.4. The SMILES string of the molecule is O=C(c1cc(-c2cccnc2)n[nH]1)N1CC[C@H](c2ccn[nH]2)C1. The minimum Gasteiger partial charge on any atom is -0.337 e. The van der Waals surface area contributed by atoms with E-state index < -0.39 is 0 Å². The second-order valence-electron chi connectivity index (χ2n) is 5.66. The number of amides is 1. The Morgan fingerprint density at radius 2 is 2.22 bits per heavy atom. The minimum atomic E-state index is -0.0188. The normalized spacial score (nSPS) is 17.6. The molecule has 0 bridgehead atoms. The molecule has 116 valence electrons. The quantitative estimate of drug-likeness (QED) is 0.772. The molecule has 0 aromatic carbocycles. The summed E-state index contributed by atoms with van der Waals surface area (Å²) in [7, 11) is 0.